The lowest BCUT2D eigenvalue weighted by Gasteiger charge is -2.60. The van der Waals surface area contributed by atoms with E-state index in [-0.39, 0.29) is 6.10 Å². The van der Waals surface area contributed by atoms with Crippen LogP contribution in [-0.4, -0.2) is 15.1 Å². The zero-order valence-corrected chi connectivity index (χ0v) is 15.8. The summed E-state index contributed by atoms with van der Waals surface area (Å²) in [6.07, 6.45) is 12.2. The Morgan fingerprint density at radius 3 is 2.38 bits per heavy atom. The first kappa shape index (κ1) is 15.2. The van der Waals surface area contributed by atoms with Gasteiger partial charge in [-0.1, -0.05) is 36.4 Å². The van der Waals surface area contributed by atoms with Crippen molar-refractivity contribution >= 4 is 22.6 Å². The molecule has 0 aliphatic heterocycles. The van der Waals surface area contributed by atoms with E-state index in [0.29, 0.717) is 10.8 Å². The molecular weight excluding hydrogens is 371 g/mol. The van der Waals surface area contributed by atoms with Gasteiger partial charge in [-0.25, -0.2) is 0 Å². The largest absolute Gasteiger partial charge is 0.393 e. The van der Waals surface area contributed by atoms with E-state index in [1.165, 1.54) is 44.9 Å². The molecule has 0 amide bonds. The predicted octanol–water partition coefficient (Wildman–Crippen LogP) is 5.19. The molecule has 1 N–H and O–H groups in total. The molecule has 0 aromatic carbocycles. The van der Waals surface area contributed by atoms with Gasteiger partial charge < -0.3 is 5.11 Å². The molecule has 0 radical (unpaired) electrons. The highest BCUT2D eigenvalue weighted by atomic mass is 127. The third kappa shape index (κ3) is 2.10. The molecule has 21 heavy (non-hydrogen) atoms. The van der Waals surface area contributed by atoms with E-state index in [1.54, 1.807) is 0 Å². The zero-order chi connectivity index (χ0) is 14.8. The average Bonchev–Trinajstić information content (AvgIpc) is 2.76. The van der Waals surface area contributed by atoms with Crippen LogP contribution in [0.25, 0.3) is 0 Å². The summed E-state index contributed by atoms with van der Waals surface area (Å²) in [6, 6.07) is 0. The van der Waals surface area contributed by atoms with Crippen LogP contribution in [-0.2, 0) is 0 Å². The Kier molecular flexibility index (Phi) is 3.69. The van der Waals surface area contributed by atoms with Gasteiger partial charge in [0.15, 0.2) is 0 Å². The van der Waals surface area contributed by atoms with Gasteiger partial charge in [0.25, 0.3) is 0 Å². The van der Waals surface area contributed by atoms with E-state index >= 15 is 0 Å². The molecule has 4 rings (SSSR count). The van der Waals surface area contributed by atoms with Gasteiger partial charge in [0, 0.05) is 3.92 Å². The van der Waals surface area contributed by atoms with Gasteiger partial charge in [-0.3, -0.25) is 0 Å². The molecule has 0 aromatic heterocycles. The van der Waals surface area contributed by atoms with Gasteiger partial charge in [0.1, 0.15) is 0 Å². The van der Waals surface area contributed by atoms with Gasteiger partial charge >= 0.3 is 0 Å². The van der Waals surface area contributed by atoms with Crippen LogP contribution < -0.4 is 0 Å². The Hall–Kier alpha value is 0.690. The van der Waals surface area contributed by atoms with E-state index in [4.69, 9.17) is 0 Å². The van der Waals surface area contributed by atoms with Crippen molar-refractivity contribution in [2.24, 2.45) is 34.5 Å². The lowest BCUT2D eigenvalue weighted by Crippen LogP contribution is -2.54. The molecule has 4 fully saturated rings. The maximum atomic E-state index is 10.1. The molecule has 4 aliphatic rings. The lowest BCUT2D eigenvalue weighted by atomic mass is 9.45. The number of rotatable bonds is 0. The Bertz CT molecular complexity index is 424. The highest BCUT2D eigenvalue weighted by molar-refractivity contribution is 14.1. The van der Waals surface area contributed by atoms with Crippen molar-refractivity contribution in [1.29, 1.82) is 0 Å². The minimum Gasteiger partial charge on any atom is -0.393 e. The van der Waals surface area contributed by atoms with Crippen LogP contribution in [0.5, 0.6) is 0 Å². The second-order valence-corrected chi connectivity index (χ2v) is 10.7. The van der Waals surface area contributed by atoms with Crippen molar-refractivity contribution in [3.05, 3.63) is 0 Å². The summed E-state index contributed by atoms with van der Waals surface area (Å²) in [5.74, 6) is 3.77. The highest BCUT2D eigenvalue weighted by Crippen LogP contribution is 2.67. The first-order valence-electron chi connectivity index (χ1n) is 9.27. The smallest absolute Gasteiger partial charge is 0.0543 e. The Morgan fingerprint density at radius 1 is 0.857 bits per heavy atom. The third-order valence-corrected chi connectivity index (χ3v) is 10.6. The zero-order valence-electron chi connectivity index (χ0n) is 13.7. The van der Waals surface area contributed by atoms with Crippen LogP contribution in [0.4, 0.5) is 0 Å². The molecule has 120 valence electrons. The second kappa shape index (κ2) is 5.09. The molecule has 0 bridgehead atoms. The quantitative estimate of drug-likeness (QED) is 0.437. The minimum atomic E-state index is -0.00121. The van der Waals surface area contributed by atoms with Crippen molar-refractivity contribution in [2.45, 2.75) is 81.7 Å². The summed E-state index contributed by atoms with van der Waals surface area (Å²) in [7, 11) is 0. The van der Waals surface area contributed by atoms with Gasteiger partial charge in [-0.05, 0) is 92.3 Å². The SMILES string of the molecule is C[C@@]12CC[C@@H](O)CC1CC[C@H]1C2CC[C@]2(C)C1CC[C@H]2I. The fraction of sp³-hybridized carbons (Fsp3) is 1.00. The summed E-state index contributed by atoms with van der Waals surface area (Å²) in [5.41, 5.74) is 1.19. The lowest BCUT2D eigenvalue weighted by molar-refractivity contribution is -0.119. The van der Waals surface area contributed by atoms with Crippen LogP contribution in [0.3, 0.4) is 0 Å². The van der Waals surface area contributed by atoms with Crippen LogP contribution in [0.15, 0.2) is 0 Å². The highest BCUT2D eigenvalue weighted by Gasteiger charge is 2.59. The maximum Gasteiger partial charge on any atom is 0.0543 e. The topological polar surface area (TPSA) is 20.2 Å². The number of hydrogen-bond donors (Lipinski definition) is 1. The van der Waals surface area contributed by atoms with E-state index in [9.17, 15) is 5.11 Å². The normalized spacial score (nSPS) is 60.0. The maximum absolute atomic E-state index is 10.1. The second-order valence-electron chi connectivity index (χ2n) is 9.17. The summed E-state index contributed by atoms with van der Waals surface area (Å²) in [5, 5.41) is 10.1. The average molecular weight is 402 g/mol. The van der Waals surface area contributed by atoms with Crippen LogP contribution in [0.1, 0.15) is 71.6 Å². The van der Waals surface area contributed by atoms with Gasteiger partial charge in [0.2, 0.25) is 0 Å². The summed E-state index contributed by atoms with van der Waals surface area (Å²) in [6.45, 7) is 5.20. The van der Waals surface area contributed by atoms with Crippen molar-refractivity contribution in [3.8, 4) is 0 Å². The van der Waals surface area contributed by atoms with Crippen molar-refractivity contribution in [3.63, 3.8) is 0 Å². The molecule has 1 nitrogen and oxygen atoms in total. The van der Waals surface area contributed by atoms with E-state index in [0.717, 1.165) is 40.4 Å². The van der Waals surface area contributed by atoms with Crippen LogP contribution in [0, 0.1) is 34.5 Å². The molecule has 2 heteroatoms. The fourth-order valence-corrected chi connectivity index (χ4v) is 8.30. The van der Waals surface area contributed by atoms with E-state index in [2.05, 4.69) is 36.4 Å². The summed E-state index contributed by atoms with van der Waals surface area (Å²) >= 11 is 2.76. The van der Waals surface area contributed by atoms with Crippen LogP contribution in [0.2, 0.25) is 0 Å². The van der Waals surface area contributed by atoms with Gasteiger partial charge in [-0.2, -0.15) is 0 Å². The molecule has 4 saturated carbocycles. The van der Waals surface area contributed by atoms with Gasteiger partial charge in [-0.15, -0.1) is 0 Å². The number of halogens is 1. The van der Waals surface area contributed by atoms with E-state index in [1.807, 2.05) is 0 Å². The molecular formula is C19H31IO. The number of fused-ring (bicyclic) bond motifs is 5. The van der Waals surface area contributed by atoms with Crippen molar-refractivity contribution < 1.29 is 5.11 Å². The number of hydrogen-bond acceptors (Lipinski definition) is 1. The van der Waals surface area contributed by atoms with Crippen molar-refractivity contribution in [2.75, 3.05) is 0 Å². The first-order valence-corrected chi connectivity index (χ1v) is 10.5. The summed E-state index contributed by atoms with van der Waals surface area (Å²) < 4.78 is 0.916. The molecule has 3 unspecified atom stereocenters. The fourth-order valence-electron chi connectivity index (χ4n) is 7.17. The predicted molar refractivity (Wildman–Crippen MR) is 95.5 cm³/mol. The standard InChI is InChI=1S/C19H31IO/c1-18-9-7-13(21)11-12(18)3-4-14-15-5-6-17(20)19(15,2)10-8-16(14)18/h12-17,21H,3-11H2,1-2H3/t12?,13-,14-,15?,16?,17-,18-,19-/m1/s1. The molecule has 0 aromatic rings. The molecule has 0 heterocycles. The number of aliphatic hydroxyl groups is 1. The molecule has 8 atom stereocenters. The van der Waals surface area contributed by atoms with Crippen LogP contribution >= 0.6 is 22.6 Å². The first-order chi connectivity index (χ1) is 9.95. The Labute approximate surface area is 143 Å². The Balaban J connectivity index is 1.62. The minimum absolute atomic E-state index is 0.00121. The summed E-state index contributed by atoms with van der Waals surface area (Å²) in [4.78, 5) is 0. The molecule has 4 aliphatic carbocycles. The number of aliphatic hydroxyl groups excluding tert-OH is 1. The van der Waals surface area contributed by atoms with Crippen molar-refractivity contribution in [1.82, 2.24) is 0 Å². The molecule has 0 saturated heterocycles. The number of alkyl halides is 1. The third-order valence-electron chi connectivity index (χ3n) is 8.52. The molecule has 0 spiro atoms. The Morgan fingerprint density at radius 2 is 1.57 bits per heavy atom. The monoisotopic (exact) mass is 402 g/mol. The van der Waals surface area contributed by atoms with E-state index < -0.39 is 0 Å². The van der Waals surface area contributed by atoms with Gasteiger partial charge in [0.05, 0.1) is 6.10 Å².